The zero-order valence-corrected chi connectivity index (χ0v) is 15.4. The van der Waals surface area contributed by atoms with Gasteiger partial charge in [0, 0.05) is 18.8 Å². The number of aryl methyl sites for hydroxylation is 2. The number of nitrogens with one attached hydrogen (secondary N) is 1. The fourth-order valence-electron chi connectivity index (χ4n) is 3.02. The number of nitrogens with zero attached hydrogens (tertiary/aromatic N) is 2. The Morgan fingerprint density at radius 3 is 2.92 bits per heavy atom. The molecule has 1 aliphatic heterocycles. The smallest absolute Gasteiger partial charge is 0.144 e. The number of nitriles is 1. The van der Waals surface area contributed by atoms with E-state index in [0.29, 0.717) is 31.1 Å². The predicted octanol–water partition coefficient (Wildman–Crippen LogP) is 3.88. The minimum atomic E-state index is 0.250. The third-order valence-corrected chi connectivity index (χ3v) is 4.63. The summed E-state index contributed by atoms with van der Waals surface area (Å²) in [5.41, 5.74) is 4.80. The number of rotatable bonds is 7. The molecule has 1 N–H and O–H groups in total. The van der Waals surface area contributed by atoms with Gasteiger partial charge in [-0.1, -0.05) is 24.3 Å². The van der Waals surface area contributed by atoms with E-state index in [-0.39, 0.29) is 6.10 Å². The molecule has 0 saturated carbocycles. The molecule has 2 aromatic rings. The van der Waals surface area contributed by atoms with Crippen LogP contribution in [0.4, 0.5) is 5.82 Å². The van der Waals surface area contributed by atoms with Gasteiger partial charge in [0.15, 0.2) is 0 Å². The van der Waals surface area contributed by atoms with Gasteiger partial charge < -0.3 is 14.8 Å². The van der Waals surface area contributed by atoms with Crippen molar-refractivity contribution in [2.24, 2.45) is 0 Å². The van der Waals surface area contributed by atoms with Crippen LogP contribution < -0.4 is 5.32 Å². The molecule has 1 aliphatic rings. The highest BCUT2D eigenvalue weighted by molar-refractivity contribution is 5.54. The summed E-state index contributed by atoms with van der Waals surface area (Å²) in [5, 5.41) is 12.6. The summed E-state index contributed by atoms with van der Waals surface area (Å²) in [6.07, 6.45) is 2.47. The average molecular weight is 351 g/mol. The van der Waals surface area contributed by atoms with Crippen LogP contribution in [0.2, 0.25) is 0 Å². The number of aromatic nitrogens is 1. The van der Waals surface area contributed by atoms with Crippen LogP contribution in [0, 0.1) is 25.2 Å². The van der Waals surface area contributed by atoms with Crippen molar-refractivity contribution >= 4 is 5.82 Å². The Morgan fingerprint density at radius 1 is 1.31 bits per heavy atom. The molecule has 26 heavy (non-hydrogen) atoms. The molecule has 0 bridgehead atoms. The summed E-state index contributed by atoms with van der Waals surface area (Å²) in [5.74, 6) is 0.635. The molecule has 3 rings (SSSR count). The van der Waals surface area contributed by atoms with E-state index in [0.717, 1.165) is 41.8 Å². The van der Waals surface area contributed by atoms with E-state index < -0.39 is 0 Å². The van der Waals surface area contributed by atoms with Crippen molar-refractivity contribution < 1.29 is 9.47 Å². The van der Waals surface area contributed by atoms with Gasteiger partial charge >= 0.3 is 0 Å². The van der Waals surface area contributed by atoms with Crippen LogP contribution in [-0.4, -0.2) is 24.3 Å². The lowest BCUT2D eigenvalue weighted by molar-refractivity contribution is 0.0106. The maximum absolute atomic E-state index is 9.31. The lowest BCUT2D eigenvalue weighted by atomic mass is 10.1. The largest absolute Gasteiger partial charge is 0.376 e. The summed E-state index contributed by atoms with van der Waals surface area (Å²) in [4.78, 5) is 4.50. The van der Waals surface area contributed by atoms with Gasteiger partial charge in [-0.05, 0) is 49.4 Å². The highest BCUT2D eigenvalue weighted by Gasteiger charge is 2.15. The van der Waals surface area contributed by atoms with Crippen LogP contribution in [-0.2, 0) is 22.6 Å². The van der Waals surface area contributed by atoms with Gasteiger partial charge in [-0.2, -0.15) is 5.26 Å². The van der Waals surface area contributed by atoms with E-state index in [4.69, 9.17) is 9.47 Å². The van der Waals surface area contributed by atoms with E-state index in [1.807, 2.05) is 26.0 Å². The number of pyridine rings is 1. The van der Waals surface area contributed by atoms with Crippen LogP contribution in [0.25, 0.3) is 0 Å². The summed E-state index contributed by atoms with van der Waals surface area (Å²) in [6.45, 7) is 6.62. The minimum absolute atomic E-state index is 0.250. The van der Waals surface area contributed by atoms with Crippen molar-refractivity contribution in [1.82, 2.24) is 4.98 Å². The van der Waals surface area contributed by atoms with Gasteiger partial charge in [-0.3, -0.25) is 0 Å². The Hall–Kier alpha value is -2.42. The molecule has 1 aromatic carbocycles. The summed E-state index contributed by atoms with van der Waals surface area (Å²) in [7, 11) is 0. The van der Waals surface area contributed by atoms with Crippen LogP contribution in [0.5, 0.6) is 0 Å². The number of benzene rings is 1. The summed E-state index contributed by atoms with van der Waals surface area (Å²) >= 11 is 0. The highest BCUT2D eigenvalue weighted by Crippen LogP contribution is 2.18. The van der Waals surface area contributed by atoms with E-state index in [1.54, 1.807) is 0 Å². The van der Waals surface area contributed by atoms with E-state index in [1.165, 1.54) is 0 Å². The molecule has 1 atom stereocenters. The second kappa shape index (κ2) is 8.79. The van der Waals surface area contributed by atoms with Crippen molar-refractivity contribution in [2.45, 2.75) is 45.9 Å². The number of hydrogen-bond donors (Lipinski definition) is 1. The first-order valence-corrected chi connectivity index (χ1v) is 9.05. The van der Waals surface area contributed by atoms with Crippen molar-refractivity contribution in [2.75, 3.05) is 18.5 Å². The van der Waals surface area contributed by atoms with Crippen LogP contribution in [0.15, 0.2) is 30.3 Å². The molecular formula is C21H25N3O2. The Labute approximate surface area is 155 Å². The van der Waals surface area contributed by atoms with E-state index >= 15 is 0 Å². The Morgan fingerprint density at radius 2 is 2.15 bits per heavy atom. The maximum atomic E-state index is 9.31. The van der Waals surface area contributed by atoms with Crippen LogP contribution in [0.3, 0.4) is 0 Å². The molecule has 2 heterocycles. The Bertz CT molecular complexity index is 792. The first-order valence-electron chi connectivity index (χ1n) is 9.05. The Balaban J connectivity index is 1.57. The molecular weight excluding hydrogens is 326 g/mol. The molecule has 0 aliphatic carbocycles. The van der Waals surface area contributed by atoms with Gasteiger partial charge in [0.1, 0.15) is 11.9 Å². The zero-order valence-electron chi connectivity index (χ0n) is 15.4. The fraction of sp³-hybridized carbons (Fsp3) is 0.429. The molecule has 1 aromatic heterocycles. The van der Waals surface area contributed by atoms with Gasteiger partial charge in [0.25, 0.3) is 0 Å². The predicted molar refractivity (Wildman–Crippen MR) is 101 cm³/mol. The second-order valence-corrected chi connectivity index (χ2v) is 6.72. The summed E-state index contributed by atoms with van der Waals surface area (Å²) < 4.78 is 11.4. The molecule has 5 heteroatoms. The fourth-order valence-corrected chi connectivity index (χ4v) is 3.02. The van der Waals surface area contributed by atoms with Crippen molar-refractivity contribution in [3.63, 3.8) is 0 Å². The first kappa shape index (κ1) is 18.4. The molecule has 136 valence electrons. The van der Waals surface area contributed by atoms with E-state index in [9.17, 15) is 5.26 Å². The molecule has 1 fully saturated rings. The third kappa shape index (κ3) is 4.81. The third-order valence-electron chi connectivity index (χ3n) is 4.63. The SMILES string of the molecule is Cc1cc(C#N)c(NCc2cccc(COCC3CCCO3)c2)nc1C. The molecule has 1 saturated heterocycles. The molecule has 1 unspecified atom stereocenters. The number of hydrogen-bond acceptors (Lipinski definition) is 5. The van der Waals surface area contributed by atoms with Crippen LogP contribution in [0.1, 0.15) is 40.8 Å². The summed E-state index contributed by atoms with van der Waals surface area (Å²) in [6, 6.07) is 12.4. The maximum Gasteiger partial charge on any atom is 0.144 e. The number of ether oxygens (including phenoxy) is 2. The van der Waals surface area contributed by atoms with Gasteiger partial charge in [0.2, 0.25) is 0 Å². The quantitative estimate of drug-likeness (QED) is 0.820. The standard InChI is InChI=1S/C21H25N3O2/c1-15-9-19(11-22)21(24-16(15)2)23-12-17-5-3-6-18(10-17)13-25-14-20-7-4-8-26-20/h3,5-6,9-10,20H,4,7-8,12-14H2,1-2H3,(H,23,24). The van der Waals surface area contributed by atoms with Gasteiger partial charge in [-0.15, -0.1) is 0 Å². The lowest BCUT2D eigenvalue weighted by Crippen LogP contribution is -2.13. The molecule has 0 amide bonds. The van der Waals surface area contributed by atoms with Crippen molar-refractivity contribution in [1.29, 1.82) is 5.26 Å². The molecule has 5 nitrogen and oxygen atoms in total. The number of anilines is 1. The second-order valence-electron chi connectivity index (χ2n) is 6.72. The van der Waals surface area contributed by atoms with Gasteiger partial charge in [-0.25, -0.2) is 4.98 Å². The van der Waals surface area contributed by atoms with Crippen molar-refractivity contribution in [3.05, 3.63) is 58.3 Å². The Kier molecular flexibility index (Phi) is 6.21. The topological polar surface area (TPSA) is 67.2 Å². The molecule has 0 radical (unpaired) electrons. The molecule has 0 spiro atoms. The zero-order chi connectivity index (χ0) is 18.4. The lowest BCUT2D eigenvalue weighted by Gasteiger charge is -2.12. The van der Waals surface area contributed by atoms with Crippen LogP contribution >= 0.6 is 0 Å². The van der Waals surface area contributed by atoms with E-state index in [2.05, 4.69) is 34.6 Å². The monoisotopic (exact) mass is 351 g/mol. The highest BCUT2D eigenvalue weighted by atomic mass is 16.5. The average Bonchev–Trinajstić information content (AvgIpc) is 3.16. The normalized spacial score (nSPS) is 16.4. The van der Waals surface area contributed by atoms with Crippen molar-refractivity contribution in [3.8, 4) is 6.07 Å². The minimum Gasteiger partial charge on any atom is -0.376 e. The van der Waals surface area contributed by atoms with Gasteiger partial charge in [0.05, 0.1) is 24.9 Å². The first-order chi connectivity index (χ1) is 12.7.